The summed E-state index contributed by atoms with van der Waals surface area (Å²) in [6.45, 7) is 0. The molecule has 0 atom stereocenters. The van der Waals surface area contributed by atoms with Gasteiger partial charge in [0.1, 0.15) is 0 Å². The smallest absolute Gasteiger partial charge is 0.188 e. The molecule has 3 N–H and O–H groups in total. The number of hydrogen-bond acceptors (Lipinski definition) is 2. The van der Waals surface area contributed by atoms with Crippen molar-refractivity contribution >= 4 is 23.0 Å². The number of benzene rings is 1. The van der Waals surface area contributed by atoms with E-state index in [1.54, 1.807) is 6.07 Å². The van der Waals surface area contributed by atoms with Crippen LogP contribution in [0, 0.1) is 5.82 Å². The van der Waals surface area contributed by atoms with Crippen LogP contribution >= 0.6 is 12.2 Å². The minimum absolute atomic E-state index is 0.0205. The maximum Gasteiger partial charge on any atom is 0.188 e. The van der Waals surface area contributed by atoms with Gasteiger partial charge in [-0.15, -0.1) is 0 Å². The minimum Gasteiger partial charge on any atom is -0.494 e. The van der Waals surface area contributed by atoms with Gasteiger partial charge in [-0.2, -0.15) is 0 Å². The van der Waals surface area contributed by atoms with Gasteiger partial charge < -0.3 is 15.8 Å². The zero-order valence-corrected chi connectivity index (χ0v) is 7.82. The molecule has 1 aromatic rings. The quantitative estimate of drug-likeness (QED) is 0.710. The van der Waals surface area contributed by atoms with E-state index in [1.807, 2.05) is 0 Å². The van der Waals surface area contributed by atoms with Crippen LogP contribution in [0.2, 0.25) is 0 Å². The van der Waals surface area contributed by atoms with Gasteiger partial charge in [0.05, 0.1) is 12.8 Å². The molecule has 0 unspecified atom stereocenters. The van der Waals surface area contributed by atoms with Crippen LogP contribution in [0.15, 0.2) is 18.2 Å². The van der Waals surface area contributed by atoms with Crippen molar-refractivity contribution in [3.05, 3.63) is 24.0 Å². The number of rotatable bonds is 2. The molecule has 13 heavy (non-hydrogen) atoms. The molecule has 5 heteroatoms. The summed E-state index contributed by atoms with van der Waals surface area (Å²) in [5.41, 5.74) is 5.41. The zero-order valence-electron chi connectivity index (χ0n) is 7.00. The number of nitrogens with two attached hydrogens (primary N) is 1. The first-order chi connectivity index (χ1) is 6.15. The van der Waals surface area contributed by atoms with Crippen molar-refractivity contribution in [3.8, 4) is 5.75 Å². The van der Waals surface area contributed by atoms with Gasteiger partial charge in [-0.3, -0.25) is 0 Å². The standard InChI is InChI=1S/C8H9FN2OS/c1-12-6-4-2-3-5(7(6)9)11-8(10)13/h2-4H,1H3,(H3,10,11,13). The van der Waals surface area contributed by atoms with Crippen LogP contribution in [-0.2, 0) is 0 Å². The second-order valence-electron chi connectivity index (χ2n) is 2.31. The lowest BCUT2D eigenvalue weighted by Crippen LogP contribution is -2.19. The number of anilines is 1. The lowest BCUT2D eigenvalue weighted by Gasteiger charge is -2.07. The Labute approximate surface area is 80.7 Å². The van der Waals surface area contributed by atoms with E-state index in [2.05, 4.69) is 17.5 Å². The third-order valence-corrected chi connectivity index (χ3v) is 1.54. The molecule has 0 aliphatic carbocycles. The fraction of sp³-hybridized carbons (Fsp3) is 0.125. The van der Waals surface area contributed by atoms with E-state index < -0.39 is 5.82 Å². The van der Waals surface area contributed by atoms with Gasteiger partial charge in [-0.05, 0) is 24.4 Å². The fourth-order valence-electron chi connectivity index (χ4n) is 0.898. The molecule has 0 aliphatic rings. The Kier molecular flexibility index (Phi) is 3.02. The van der Waals surface area contributed by atoms with Crippen LogP contribution in [0.4, 0.5) is 10.1 Å². The van der Waals surface area contributed by atoms with Crippen LogP contribution in [0.3, 0.4) is 0 Å². The van der Waals surface area contributed by atoms with Crippen LogP contribution in [0.1, 0.15) is 0 Å². The highest BCUT2D eigenvalue weighted by Gasteiger charge is 2.07. The number of ether oxygens (including phenoxy) is 1. The molecular formula is C8H9FN2OS. The molecule has 1 rings (SSSR count). The predicted molar refractivity (Wildman–Crippen MR) is 53.4 cm³/mol. The van der Waals surface area contributed by atoms with Gasteiger partial charge in [0.15, 0.2) is 16.7 Å². The van der Waals surface area contributed by atoms with E-state index in [9.17, 15) is 4.39 Å². The number of halogens is 1. The molecule has 0 aromatic heterocycles. The van der Waals surface area contributed by atoms with E-state index >= 15 is 0 Å². The van der Waals surface area contributed by atoms with E-state index in [0.717, 1.165) is 0 Å². The SMILES string of the molecule is COc1cccc(NC(N)=S)c1F. The van der Waals surface area contributed by atoms with Crippen LogP contribution in [0.5, 0.6) is 5.75 Å². The second-order valence-corrected chi connectivity index (χ2v) is 2.75. The molecule has 0 saturated heterocycles. The van der Waals surface area contributed by atoms with Gasteiger partial charge >= 0.3 is 0 Å². The van der Waals surface area contributed by atoms with E-state index in [0.29, 0.717) is 0 Å². The highest BCUT2D eigenvalue weighted by Crippen LogP contribution is 2.23. The number of methoxy groups -OCH3 is 1. The van der Waals surface area contributed by atoms with Crippen molar-refractivity contribution in [1.29, 1.82) is 0 Å². The van der Waals surface area contributed by atoms with E-state index in [4.69, 9.17) is 10.5 Å². The van der Waals surface area contributed by atoms with Crippen molar-refractivity contribution in [2.24, 2.45) is 5.73 Å². The molecule has 70 valence electrons. The first kappa shape index (κ1) is 9.73. The fourth-order valence-corrected chi connectivity index (χ4v) is 1.01. The molecule has 0 radical (unpaired) electrons. The van der Waals surface area contributed by atoms with Gasteiger partial charge in [-0.25, -0.2) is 4.39 Å². The summed E-state index contributed by atoms with van der Waals surface area (Å²) in [5.74, 6) is -0.348. The number of thiocarbonyl (C=S) groups is 1. The van der Waals surface area contributed by atoms with Gasteiger partial charge in [0, 0.05) is 0 Å². The van der Waals surface area contributed by atoms with Gasteiger partial charge in [0.25, 0.3) is 0 Å². The lowest BCUT2D eigenvalue weighted by atomic mass is 10.3. The van der Waals surface area contributed by atoms with Crippen molar-refractivity contribution < 1.29 is 9.13 Å². The van der Waals surface area contributed by atoms with Crippen molar-refractivity contribution in [2.45, 2.75) is 0 Å². The molecular weight excluding hydrogens is 191 g/mol. The topological polar surface area (TPSA) is 47.3 Å². The summed E-state index contributed by atoms with van der Waals surface area (Å²) in [6, 6.07) is 4.68. The average Bonchev–Trinajstić information content (AvgIpc) is 2.08. The summed E-state index contributed by atoms with van der Waals surface area (Å²) in [6.07, 6.45) is 0. The summed E-state index contributed by atoms with van der Waals surface area (Å²) in [5, 5.41) is 2.52. The normalized spacial score (nSPS) is 9.38. The Bertz CT molecular complexity index is 330. The Morgan fingerprint density at radius 3 is 2.85 bits per heavy atom. The molecule has 0 amide bonds. The lowest BCUT2D eigenvalue weighted by molar-refractivity contribution is 0.387. The van der Waals surface area contributed by atoms with Crippen LogP contribution < -0.4 is 15.8 Å². The largest absolute Gasteiger partial charge is 0.494 e. The Hall–Kier alpha value is -1.36. The number of nitrogens with one attached hydrogen (secondary N) is 1. The van der Waals surface area contributed by atoms with Crippen molar-refractivity contribution in [2.75, 3.05) is 12.4 Å². The molecule has 3 nitrogen and oxygen atoms in total. The first-order valence-corrected chi connectivity index (χ1v) is 3.95. The van der Waals surface area contributed by atoms with Crippen molar-refractivity contribution in [3.63, 3.8) is 0 Å². The molecule has 0 saturated carbocycles. The minimum atomic E-state index is -0.502. The van der Waals surface area contributed by atoms with Crippen LogP contribution in [-0.4, -0.2) is 12.2 Å². The summed E-state index contributed by atoms with van der Waals surface area (Å²) < 4.78 is 18.1. The molecule has 0 spiro atoms. The maximum absolute atomic E-state index is 13.3. The number of hydrogen-bond donors (Lipinski definition) is 2. The van der Waals surface area contributed by atoms with E-state index in [-0.39, 0.29) is 16.5 Å². The molecule has 0 aliphatic heterocycles. The van der Waals surface area contributed by atoms with Gasteiger partial charge in [0.2, 0.25) is 0 Å². The van der Waals surface area contributed by atoms with E-state index in [1.165, 1.54) is 19.2 Å². The molecule has 0 heterocycles. The maximum atomic E-state index is 13.3. The second kappa shape index (κ2) is 4.04. The molecule has 0 bridgehead atoms. The Balaban J connectivity index is 3.01. The van der Waals surface area contributed by atoms with Crippen LogP contribution in [0.25, 0.3) is 0 Å². The summed E-state index contributed by atoms with van der Waals surface area (Å²) >= 11 is 4.58. The first-order valence-electron chi connectivity index (χ1n) is 3.54. The summed E-state index contributed by atoms with van der Waals surface area (Å²) in [4.78, 5) is 0. The average molecular weight is 200 g/mol. The molecule has 0 fully saturated rings. The third-order valence-electron chi connectivity index (χ3n) is 1.44. The predicted octanol–water partition coefficient (Wildman–Crippen LogP) is 1.49. The monoisotopic (exact) mass is 200 g/mol. The Morgan fingerprint density at radius 2 is 2.31 bits per heavy atom. The van der Waals surface area contributed by atoms with Gasteiger partial charge in [-0.1, -0.05) is 6.07 Å². The van der Waals surface area contributed by atoms with Crippen molar-refractivity contribution in [1.82, 2.24) is 0 Å². The third kappa shape index (κ3) is 2.29. The summed E-state index contributed by atoms with van der Waals surface area (Å²) in [7, 11) is 1.39. The molecule has 1 aromatic carbocycles. The highest BCUT2D eigenvalue weighted by molar-refractivity contribution is 7.80. The Morgan fingerprint density at radius 1 is 1.62 bits per heavy atom. The zero-order chi connectivity index (χ0) is 9.84. The highest BCUT2D eigenvalue weighted by atomic mass is 32.1.